The van der Waals surface area contributed by atoms with E-state index in [4.69, 9.17) is 0 Å². The summed E-state index contributed by atoms with van der Waals surface area (Å²) in [5, 5.41) is 0. The number of carbonyl (C=O) groups excluding carboxylic acids is 3. The van der Waals surface area contributed by atoms with Crippen LogP contribution in [0.15, 0.2) is 29.8 Å². The van der Waals surface area contributed by atoms with E-state index in [1.165, 1.54) is 14.1 Å². The van der Waals surface area contributed by atoms with Crippen LogP contribution in [0.1, 0.15) is 11.1 Å². The van der Waals surface area contributed by atoms with Crippen LogP contribution in [0.4, 0.5) is 18.0 Å². The van der Waals surface area contributed by atoms with Crippen molar-refractivity contribution in [1.82, 2.24) is 9.80 Å². The van der Waals surface area contributed by atoms with E-state index in [2.05, 4.69) is 0 Å². The number of alkyl halides is 3. The summed E-state index contributed by atoms with van der Waals surface area (Å²) in [6, 6.07) is 3.23. The van der Waals surface area contributed by atoms with Crippen LogP contribution in [0.3, 0.4) is 0 Å². The zero-order chi connectivity index (χ0) is 16.7. The van der Waals surface area contributed by atoms with E-state index >= 15 is 0 Å². The fourth-order valence-electron chi connectivity index (χ4n) is 1.91. The van der Waals surface area contributed by atoms with Gasteiger partial charge in [0.1, 0.15) is 5.57 Å². The van der Waals surface area contributed by atoms with Crippen LogP contribution in [0.2, 0.25) is 0 Å². The van der Waals surface area contributed by atoms with Crippen LogP contribution in [-0.2, 0) is 15.8 Å². The summed E-state index contributed by atoms with van der Waals surface area (Å²) < 4.78 is 37.4. The van der Waals surface area contributed by atoms with Gasteiger partial charge in [0, 0.05) is 14.1 Å². The van der Waals surface area contributed by atoms with E-state index in [1.807, 2.05) is 0 Å². The summed E-state index contributed by atoms with van der Waals surface area (Å²) in [5.74, 6) is -1.60. The van der Waals surface area contributed by atoms with Gasteiger partial charge in [0.25, 0.3) is 11.8 Å². The largest absolute Gasteiger partial charge is 0.416 e. The van der Waals surface area contributed by atoms with Gasteiger partial charge < -0.3 is 0 Å². The third-order valence-corrected chi connectivity index (χ3v) is 3.19. The molecule has 1 saturated heterocycles. The maximum Gasteiger partial charge on any atom is 0.416 e. The van der Waals surface area contributed by atoms with E-state index < -0.39 is 29.6 Å². The van der Waals surface area contributed by atoms with E-state index in [-0.39, 0.29) is 11.1 Å². The summed E-state index contributed by atoms with van der Waals surface area (Å²) in [6.45, 7) is 0. The smallest absolute Gasteiger partial charge is 0.268 e. The molecule has 1 fully saturated rings. The zero-order valence-electron chi connectivity index (χ0n) is 11.6. The quantitative estimate of drug-likeness (QED) is 0.590. The van der Waals surface area contributed by atoms with Gasteiger partial charge in [-0.2, -0.15) is 13.2 Å². The molecule has 1 aliphatic heterocycles. The molecule has 0 aromatic heterocycles. The first-order valence-corrected chi connectivity index (χ1v) is 6.12. The average Bonchev–Trinajstić information content (AvgIpc) is 2.47. The standard InChI is InChI=1S/C14H11F3N2O3/c1-18-11(20)10(12(21)19(2)13(18)22)7-8-3-5-9(6-4-8)14(15,16)17/h3-7H,1-2H3. The number of urea groups is 1. The second-order valence-electron chi connectivity index (χ2n) is 4.69. The highest BCUT2D eigenvalue weighted by Crippen LogP contribution is 2.29. The van der Waals surface area contributed by atoms with Crippen molar-refractivity contribution in [3.05, 3.63) is 41.0 Å². The number of hydrogen-bond acceptors (Lipinski definition) is 3. The highest BCUT2D eigenvalue weighted by molar-refractivity contribution is 6.30. The predicted molar refractivity (Wildman–Crippen MR) is 70.4 cm³/mol. The maximum atomic E-state index is 12.5. The van der Waals surface area contributed by atoms with Gasteiger partial charge in [-0.05, 0) is 23.8 Å². The number of imide groups is 2. The van der Waals surface area contributed by atoms with Gasteiger partial charge in [-0.15, -0.1) is 0 Å². The molecule has 4 amide bonds. The summed E-state index contributed by atoms with van der Waals surface area (Å²) >= 11 is 0. The monoisotopic (exact) mass is 312 g/mol. The second kappa shape index (κ2) is 5.28. The van der Waals surface area contributed by atoms with Gasteiger partial charge in [0.2, 0.25) is 0 Å². The van der Waals surface area contributed by atoms with Crippen molar-refractivity contribution < 1.29 is 27.6 Å². The molecule has 1 aliphatic rings. The third-order valence-electron chi connectivity index (χ3n) is 3.19. The predicted octanol–water partition coefficient (Wildman–Crippen LogP) is 2.14. The molecule has 1 aromatic rings. The van der Waals surface area contributed by atoms with E-state index in [9.17, 15) is 27.6 Å². The first kappa shape index (κ1) is 15.7. The Kier molecular flexibility index (Phi) is 3.78. The highest BCUT2D eigenvalue weighted by Gasteiger charge is 2.37. The molecule has 116 valence electrons. The Hall–Kier alpha value is -2.64. The molecular formula is C14H11F3N2O3. The van der Waals surface area contributed by atoms with Crippen molar-refractivity contribution in [3.63, 3.8) is 0 Å². The number of halogens is 3. The minimum atomic E-state index is -4.46. The first-order chi connectivity index (χ1) is 10.1. The molecule has 22 heavy (non-hydrogen) atoms. The summed E-state index contributed by atoms with van der Waals surface area (Å²) in [7, 11) is 2.43. The number of barbiturate groups is 1. The van der Waals surface area contributed by atoms with Gasteiger partial charge in [-0.25, -0.2) is 4.79 Å². The Morgan fingerprint density at radius 2 is 1.36 bits per heavy atom. The van der Waals surface area contributed by atoms with Crippen molar-refractivity contribution >= 4 is 23.9 Å². The molecule has 0 radical (unpaired) electrons. The fraction of sp³-hybridized carbons (Fsp3) is 0.214. The number of hydrogen-bond donors (Lipinski definition) is 0. The zero-order valence-corrected chi connectivity index (χ0v) is 11.6. The lowest BCUT2D eigenvalue weighted by Gasteiger charge is -2.28. The molecule has 0 spiro atoms. The molecule has 2 rings (SSSR count). The van der Waals surface area contributed by atoms with Crippen molar-refractivity contribution in [2.45, 2.75) is 6.18 Å². The second-order valence-corrected chi connectivity index (χ2v) is 4.69. The topological polar surface area (TPSA) is 57.7 Å². The van der Waals surface area contributed by atoms with E-state index in [0.717, 1.165) is 40.1 Å². The van der Waals surface area contributed by atoms with Crippen LogP contribution in [0.5, 0.6) is 0 Å². The molecule has 0 aliphatic carbocycles. The molecule has 0 bridgehead atoms. The van der Waals surface area contributed by atoms with Crippen LogP contribution in [0, 0.1) is 0 Å². The summed E-state index contributed by atoms with van der Waals surface area (Å²) in [6.07, 6.45) is -3.31. The molecule has 5 nitrogen and oxygen atoms in total. The maximum absolute atomic E-state index is 12.5. The van der Waals surface area contributed by atoms with Crippen molar-refractivity contribution in [3.8, 4) is 0 Å². The van der Waals surface area contributed by atoms with Gasteiger partial charge >= 0.3 is 12.2 Å². The number of carbonyl (C=O) groups is 3. The Morgan fingerprint density at radius 3 is 1.77 bits per heavy atom. The normalized spacial score (nSPS) is 16.4. The Bertz CT molecular complexity index is 652. The molecular weight excluding hydrogens is 301 g/mol. The van der Waals surface area contributed by atoms with Crippen molar-refractivity contribution in [2.75, 3.05) is 14.1 Å². The van der Waals surface area contributed by atoms with Crippen LogP contribution in [-0.4, -0.2) is 41.7 Å². The molecule has 0 N–H and O–H groups in total. The summed E-state index contributed by atoms with van der Waals surface area (Å²) in [5.41, 5.74) is -0.870. The number of rotatable bonds is 1. The lowest BCUT2D eigenvalue weighted by Crippen LogP contribution is -2.52. The first-order valence-electron chi connectivity index (χ1n) is 6.12. The Labute approximate surface area is 123 Å². The minimum Gasteiger partial charge on any atom is -0.268 e. The molecule has 0 atom stereocenters. The lowest BCUT2D eigenvalue weighted by molar-refractivity contribution is -0.138. The summed E-state index contributed by atoms with van der Waals surface area (Å²) in [4.78, 5) is 36.9. The SMILES string of the molecule is CN1C(=O)C(=Cc2ccc(C(F)(F)F)cc2)C(=O)N(C)C1=O. The van der Waals surface area contributed by atoms with Crippen molar-refractivity contribution in [2.24, 2.45) is 0 Å². The van der Waals surface area contributed by atoms with Gasteiger partial charge in [0.05, 0.1) is 5.56 Å². The number of amides is 4. The Morgan fingerprint density at radius 1 is 0.909 bits per heavy atom. The van der Waals surface area contributed by atoms with Crippen LogP contribution < -0.4 is 0 Å². The minimum absolute atomic E-state index is 0.251. The Balaban J connectivity index is 2.37. The number of benzene rings is 1. The molecule has 0 saturated carbocycles. The van der Waals surface area contributed by atoms with Gasteiger partial charge in [-0.1, -0.05) is 12.1 Å². The molecule has 0 unspecified atom stereocenters. The van der Waals surface area contributed by atoms with Gasteiger partial charge in [0.15, 0.2) is 0 Å². The fourth-order valence-corrected chi connectivity index (χ4v) is 1.91. The van der Waals surface area contributed by atoms with Crippen molar-refractivity contribution in [1.29, 1.82) is 0 Å². The molecule has 1 aromatic carbocycles. The van der Waals surface area contributed by atoms with Gasteiger partial charge in [-0.3, -0.25) is 19.4 Å². The lowest BCUT2D eigenvalue weighted by atomic mass is 10.1. The molecule has 8 heteroatoms. The van der Waals surface area contributed by atoms with Crippen LogP contribution in [0.25, 0.3) is 6.08 Å². The molecule has 1 heterocycles. The van der Waals surface area contributed by atoms with Crippen LogP contribution >= 0.6 is 0 Å². The van der Waals surface area contributed by atoms with E-state index in [1.54, 1.807) is 0 Å². The number of nitrogens with zero attached hydrogens (tertiary/aromatic N) is 2. The average molecular weight is 312 g/mol. The van der Waals surface area contributed by atoms with E-state index in [0.29, 0.717) is 0 Å². The highest BCUT2D eigenvalue weighted by atomic mass is 19.4. The third kappa shape index (κ3) is 2.72. The number of likely N-dealkylation sites (N-methyl/N-ethyl adjacent to an activating group) is 2.